The molecule has 1 N–H and O–H groups in total. The Kier molecular flexibility index (Phi) is 6.77. The zero-order valence-corrected chi connectivity index (χ0v) is 21.0. The first-order valence-corrected chi connectivity index (χ1v) is 13.5. The van der Waals surface area contributed by atoms with E-state index in [1.165, 1.54) is 38.5 Å². The van der Waals surface area contributed by atoms with E-state index in [-0.39, 0.29) is 5.91 Å². The fraction of sp³-hybridized carbons (Fsp3) is 0.679. The molecule has 3 fully saturated rings. The SMILES string of the molecule is CCC1CC2CC(C)CC(CCNC(=O)c3cn(CCC4COC4)c4cccc(Cl)c34)(C1)C2. The van der Waals surface area contributed by atoms with Gasteiger partial charge in [-0.05, 0) is 80.2 Å². The van der Waals surface area contributed by atoms with Crippen LogP contribution in [0.4, 0.5) is 0 Å². The molecule has 180 valence electrons. The molecule has 2 bridgehead atoms. The van der Waals surface area contributed by atoms with Crippen molar-refractivity contribution in [2.24, 2.45) is 29.1 Å². The number of halogens is 1. The topological polar surface area (TPSA) is 43.3 Å². The van der Waals surface area contributed by atoms with Gasteiger partial charge in [-0.25, -0.2) is 0 Å². The van der Waals surface area contributed by atoms with Crippen LogP contribution in [-0.2, 0) is 11.3 Å². The maximum absolute atomic E-state index is 13.3. The molecule has 1 aromatic carbocycles. The molecule has 5 rings (SSSR count). The number of carbonyl (C=O) groups is 1. The lowest BCUT2D eigenvalue weighted by atomic mass is 9.55. The van der Waals surface area contributed by atoms with E-state index in [1.807, 2.05) is 18.3 Å². The quantitative estimate of drug-likeness (QED) is 0.466. The van der Waals surface area contributed by atoms with E-state index in [2.05, 4.69) is 29.8 Å². The third-order valence-corrected chi connectivity index (χ3v) is 9.05. The molecule has 2 aromatic rings. The molecule has 1 aliphatic heterocycles. The van der Waals surface area contributed by atoms with Gasteiger partial charge in [0.05, 0.1) is 29.3 Å². The zero-order chi connectivity index (χ0) is 23.0. The van der Waals surface area contributed by atoms with Crippen molar-refractivity contribution in [2.75, 3.05) is 19.8 Å². The lowest BCUT2D eigenvalue weighted by Crippen LogP contribution is -2.41. The van der Waals surface area contributed by atoms with Gasteiger partial charge in [0.2, 0.25) is 0 Å². The first-order chi connectivity index (χ1) is 16.0. The van der Waals surface area contributed by atoms with Crippen LogP contribution in [0.1, 0.15) is 75.6 Å². The molecule has 4 unspecified atom stereocenters. The summed E-state index contributed by atoms with van der Waals surface area (Å²) in [6.45, 7) is 8.13. The molecule has 33 heavy (non-hydrogen) atoms. The Morgan fingerprint density at radius 1 is 1.21 bits per heavy atom. The van der Waals surface area contributed by atoms with Crippen molar-refractivity contribution >= 4 is 28.4 Å². The van der Waals surface area contributed by atoms with Gasteiger partial charge < -0.3 is 14.6 Å². The number of benzene rings is 1. The molecule has 1 saturated heterocycles. The molecular formula is C28H39ClN2O2. The molecule has 1 aromatic heterocycles. The van der Waals surface area contributed by atoms with Crippen LogP contribution < -0.4 is 5.32 Å². The van der Waals surface area contributed by atoms with Crippen molar-refractivity contribution in [1.82, 2.24) is 9.88 Å². The van der Waals surface area contributed by atoms with Gasteiger partial charge in [0, 0.05) is 30.6 Å². The van der Waals surface area contributed by atoms with Crippen LogP contribution in [-0.4, -0.2) is 30.2 Å². The lowest BCUT2D eigenvalue weighted by molar-refractivity contribution is -0.0370. The average molecular weight is 471 g/mol. The van der Waals surface area contributed by atoms with Crippen LogP contribution in [0.3, 0.4) is 0 Å². The Morgan fingerprint density at radius 3 is 2.82 bits per heavy atom. The van der Waals surface area contributed by atoms with Gasteiger partial charge >= 0.3 is 0 Å². The molecule has 2 heterocycles. The molecule has 0 radical (unpaired) electrons. The van der Waals surface area contributed by atoms with Gasteiger partial charge in [-0.3, -0.25) is 4.79 Å². The summed E-state index contributed by atoms with van der Waals surface area (Å²) in [5.74, 6) is 3.21. The Labute approximate surface area is 203 Å². The maximum atomic E-state index is 13.3. The Balaban J connectivity index is 1.28. The second-order valence-electron chi connectivity index (χ2n) is 11.4. The number of nitrogens with zero attached hydrogens (tertiary/aromatic N) is 1. The smallest absolute Gasteiger partial charge is 0.253 e. The van der Waals surface area contributed by atoms with Gasteiger partial charge in [-0.2, -0.15) is 0 Å². The number of nitrogens with one attached hydrogen (secondary N) is 1. The molecule has 2 saturated carbocycles. The zero-order valence-electron chi connectivity index (χ0n) is 20.2. The monoisotopic (exact) mass is 470 g/mol. The van der Waals surface area contributed by atoms with Gasteiger partial charge in [-0.15, -0.1) is 0 Å². The lowest BCUT2D eigenvalue weighted by Gasteiger charge is -2.51. The van der Waals surface area contributed by atoms with Crippen LogP contribution in [0.15, 0.2) is 24.4 Å². The predicted molar refractivity (Wildman–Crippen MR) is 135 cm³/mol. The third kappa shape index (κ3) is 4.84. The second-order valence-corrected chi connectivity index (χ2v) is 11.8. The highest BCUT2D eigenvalue weighted by molar-refractivity contribution is 6.36. The number of hydrogen-bond donors (Lipinski definition) is 1. The van der Waals surface area contributed by atoms with E-state index in [1.54, 1.807) is 0 Å². The fourth-order valence-electron chi connectivity index (χ4n) is 7.28. The van der Waals surface area contributed by atoms with Gasteiger partial charge in [0.1, 0.15) is 0 Å². The minimum Gasteiger partial charge on any atom is -0.381 e. The number of aromatic nitrogens is 1. The van der Waals surface area contributed by atoms with Gasteiger partial charge in [0.25, 0.3) is 5.91 Å². The number of fused-ring (bicyclic) bond motifs is 3. The van der Waals surface area contributed by atoms with Crippen LogP contribution in [0.2, 0.25) is 5.02 Å². The van der Waals surface area contributed by atoms with Crippen LogP contribution in [0.5, 0.6) is 0 Å². The highest BCUT2D eigenvalue weighted by Crippen LogP contribution is 2.55. The molecule has 4 nitrogen and oxygen atoms in total. The molecule has 4 atom stereocenters. The number of rotatable bonds is 8. The van der Waals surface area contributed by atoms with Crippen molar-refractivity contribution in [2.45, 2.75) is 71.8 Å². The van der Waals surface area contributed by atoms with Crippen LogP contribution >= 0.6 is 11.6 Å². The third-order valence-electron chi connectivity index (χ3n) is 8.73. The minimum atomic E-state index is 0.0125. The van der Waals surface area contributed by atoms with E-state index in [0.29, 0.717) is 21.9 Å². The Bertz CT molecular complexity index is 993. The van der Waals surface area contributed by atoms with E-state index < -0.39 is 0 Å². The largest absolute Gasteiger partial charge is 0.381 e. The van der Waals surface area contributed by atoms with E-state index in [4.69, 9.17) is 16.3 Å². The van der Waals surface area contributed by atoms with Crippen molar-refractivity contribution in [3.63, 3.8) is 0 Å². The van der Waals surface area contributed by atoms with Gasteiger partial charge in [0.15, 0.2) is 0 Å². The summed E-state index contributed by atoms with van der Waals surface area (Å²) in [6, 6.07) is 5.94. The molecule has 5 heteroatoms. The van der Waals surface area contributed by atoms with Crippen LogP contribution in [0, 0.1) is 29.1 Å². The number of amides is 1. The number of hydrogen-bond acceptors (Lipinski definition) is 2. The van der Waals surface area contributed by atoms with Crippen molar-refractivity contribution in [1.29, 1.82) is 0 Å². The first kappa shape index (κ1) is 23.2. The summed E-state index contributed by atoms with van der Waals surface area (Å²) in [5, 5.41) is 4.82. The molecule has 0 spiro atoms. The molecule has 2 aliphatic carbocycles. The highest BCUT2D eigenvalue weighted by Gasteiger charge is 2.44. The predicted octanol–water partition coefficient (Wildman–Crippen LogP) is 6.69. The minimum absolute atomic E-state index is 0.0125. The fourth-order valence-corrected chi connectivity index (χ4v) is 7.55. The number of carbonyl (C=O) groups excluding carboxylic acids is 1. The van der Waals surface area contributed by atoms with E-state index in [0.717, 1.165) is 67.8 Å². The summed E-state index contributed by atoms with van der Waals surface area (Å²) in [5.41, 5.74) is 2.18. The number of ether oxygens (including phenoxy) is 1. The molecule has 1 amide bonds. The van der Waals surface area contributed by atoms with Crippen molar-refractivity contribution in [3.8, 4) is 0 Å². The van der Waals surface area contributed by atoms with E-state index >= 15 is 0 Å². The first-order valence-electron chi connectivity index (χ1n) is 13.1. The standard InChI is InChI=1S/C28H39ClN2O2/c1-3-20-12-22-11-19(2)13-28(14-20,15-22)8-9-30-27(32)23-16-31(10-7-21-17-33-18-21)25-6-4-5-24(29)26(23)25/h4-6,16,19-22H,3,7-15,17-18H2,1-2H3,(H,30,32). The Hall–Kier alpha value is -1.52. The summed E-state index contributed by atoms with van der Waals surface area (Å²) in [6.07, 6.45) is 12.3. The summed E-state index contributed by atoms with van der Waals surface area (Å²) < 4.78 is 7.52. The van der Waals surface area contributed by atoms with Crippen molar-refractivity contribution in [3.05, 3.63) is 35.0 Å². The summed E-state index contributed by atoms with van der Waals surface area (Å²) in [7, 11) is 0. The van der Waals surface area contributed by atoms with Gasteiger partial charge in [-0.1, -0.05) is 37.9 Å². The van der Waals surface area contributed by atoms with Crippen molar-refractivity contribution < 1.29 is 9.53 Å². The van der Waals surface area contributed by atoms with E-state index in [9.17, 15) is 4.79 Å². The second kappa shape index (κ2) is 9.62. The van der Waals surface area contributed by atoms with Crippen LogP contribution in [0.25, 0.3) is 10.9 Å². The highest BCUT2D eigenvalue weighted by atomic mass is 35.5. The summed E-state index contributed by atoms with van der Waals surface area (Å²) >= 11 is 6.58. The Morgan fingerprint density at radius 2 is 2.06 bits per heavy atom. The summed E-state index contributed by atoms with van der Waals surface area (Å²) in [4.78, 5) is 13.3. The molecular weight excluding hydrogens is 432 g/mol. The maximum Gasteiger partial charge on any atom is 0.253 e. The molecule has 3 aliphatic rings. The normalized spacial score (nSPS) is 29.7. The number of aryl methyl sites for hydroxylation is 1. The average Bonchev–Trinajstić information content (AvgIpc) is 3.12.